The number of hydrogen-bond acceptors (Lipinski definition) is 6. The number of carbonyl (C=O) groups is 1. The third kappa shape index (κ3) is 4.85. The average molecular weight is 497 g/mol. The molecule has 0 spiro atoms. The summed E-state index contributed by atoms with van der Waals surface area (Å²) < 4.78 is 11.5. The Hall–Kier alpha value is -3.13. The lowest BCUT2D eigenvalue weighted by Gasteiger charge is -2.35. The summed E-state index contributed by atoms with van der Waals surface area (Å²) in [6.45, 7) is 5.24. The molecule has 1 aromatic heterocycles. The summed E-state index contributed by atoms with van der Waals surface area (Å²) in [6.07, 6.45) is 0. The number of methoxy groups -OCH3 is 1. The first-order valence-electron chi connectivity index (χ1n) is 10.5. The summed E-state index contributed by atoms with van der Waals surface area (Å²) in [4.78, 5) is 17.0. The highest BCUT2D eigenvalue weighted by Gasteiger charge is 2.24. The van der Waals surface area contributed by atoms with Gasteiger partial charge in [0.05, 0.1) is 25.0 Å². The Balaban J connectivity index is 1.38. The Morgan fingerprint density at radius 2 is 1.69 bits per heavy atom. The lowest BCUT2D eigenvalue weighted by molar-refractivity contribution is 0.0745. The number of nitrogens with zero attached hydrogens (tertiary/aromatic N) is 4. The minimum absolute atomic E-state index is 0.00708. The topological polar surface area (TPSA) is 67.8 Å². The Kier molecular flexibility index (Phi) is 6.90. The molecule has 166 valence electrons. The van der Waals surface area contributed by atoms with Gasteiger partial charge in [0, 0.05) is 36.2 Å². The summed E-state index contributed by atoms with van der Waals surface area (Å²) in [5, 5.41) is 8.82. The lowest BCUT2D eigenvalue weighted by atomic mass is 10.1. The second-order valence-electron chi connectivity index (χ2n) is 7.36. The fourth-order valence-corrected chi connectivity index (χ4v) is 4.06. The summed E-state index contributed by atoms with van der Waals surface area (Å²) in [6, 6.07) is 17.2. The Labute approximate surface area is 196 Å². The van der Waals surface area contributed by atoms with Crippen molar-refractivity contribution in [3.8, 4) is 22.8 Å². The van der Waals surface area contributed by atoms with Gasteiger partial charge in [0.2, 0.25) is 0 Å². The molecule has 32 heavy (non-hydrogen) atoms. The van der Waals surface area contributed by atoms with Gasteiger partial charge >= 0.3 is 0 Å². The van der Waals surface area contributed by atoms with Crippen LogP contribution >= 0.6 is 15.9 Å². The number of anilines is 1. The summed E-state index contributed by atoms with van der Waals surface area (Å²) >= 11 is 3.47. The Morgan fingerprint density at radius 3 is 2.31 bits per heavy atom. The van der Waals surface area contributed by atoms with Crippen LogP contribution in [0.1, 0.15) is 17.3 Å². The number of amides is 1. The monoisotopic (exact) mass is 496 g/mol. The molecular weight excluding hydrogens is 472 g/mol. The molecule has 0 N–H and O–H groups in total. The van der Waals surface area contributed by atoms with Crippen LogP contribution in [0.5, 0.6) is 11.5 Å². The fraction of sp³-hybridized carbons (Fsp3) is 0.292. The molecule has 0 bridgehead atoms. The minimum atomic E-state index is -0.00708. The van der Waals surface area contributed by atoms with E-state index in [4.69, 9.17) is 9.47 Å². The largest absolute Gasteiger partial charge is 0.497 e. The van der Waals surface area contributed by atoms with Gasteiger partial charge in [-0.15, -0.1) is 10.2 Å². The maximum Gasteiger partial charge on any atom is 0.255 e. The molecule has 2 heterocycles. The predicted octanol–water partition coefficient (Wildman–Crippen LogP) is 4.28. The smallest absolute Gasteiger partial charge is 0.255 e. The molecule has 0 atom stereocenters. The van der Waals surface area contributed by atoms with Crippen LogP contribution in [0.15, 0.2) is 59.1 Å². The second-order valence-corrected chi connectivity index (χ2v) is 8.21. The van der Waals surface area contributed by atoms with Crippen LogP contribution in [-0.4, -0.2) is 60.9 Å². The van der Waals surface area contributed by atoms with E-state index in [0.717, 1.165) is 27.3 Å². The minimum Gasteiger partial charge on any atom is -0.497 e. The molecule has 1 aliphatic rings. The Morgan fingerprint density at radius 1 is 0.969 bits per heavy atom. The normalized spacial score (nSPS) is 13.7. The van der Waals surface area contributed by atoms with Crippen LogP contribution < -0.4 is 14.4 Å². The number of rotatable bonds is 6. The molecular formula is C24H25BrN4O3. The van der Waals surface area contributed by atoms with Crippen LogP contribution in [0, 0.1) is 0 Å². The fourth-order valence-electron chi connectivity index (χ4n) is 3.64. The van der Waals surface area contributed by atoms with E-state index in [1.807, 2.05) is 60.4 Å². The number of benzene rings is 2. The zero-order valence-electron chi connectivity index (χ0n) is 18.1. The van der Waals surface area contributed by atoms with Crippen molar-refractivity contribution in [1.82, 2.24) is 15.1 Å². The summed E-state index contributed by atoms with van der Waals surface area (Å²) in [7, 11) is 1.60. The molecule has 1 amide bonds. The van der Waals surface area contributed by atoms with Crippen LogP contribution in [-0.2, 0) is 0 Å². The van der Waals surface area contributed by atoms with Crippen molar-refractivity contribution in [2.75, 3.05) is 44.8 Å². The van der Waals surface area contributed by atoms with Crippen molar-refractivity contribution in [3.63, 3.8) is 0 Å². The molecule has 0 aliphatic carbocycles. The molecule has 8 heteroatoms. The number of halogens is 1. The highest BCUT2D eigenvalue weighted by atomic mass is 79.9. The van der Waals surface area contributed by atoms with Gasteiger partial charge < -0.3 is 19.3 Å². The number of ether oxygens (including phenoxy) is 2. The van der Waals surface area contributed by atoms with Gasteiger partial charge in [0.1, 0.15) is 11.5 Å². The van der Waals surface area contributed by atoms with Crippen molar-refractivity contribution >= 4 is 27.7 Å². The van der Waals surface area contributed by atoms with Crippen molar-refractivity contribution in [3.05, 3.63) is 64.6 Å². The number of hydrogen-bond donors (Lipinski definition) is 0. The lowest BCUT2D eigenvalue weighted by Crippen LogP contribution is -2.49. The van der Waals surface area contributed by atoms with E-state index < -0.39 is 0 Å². The average Bonchev–Trinajstić information content (AvgIpc) is 2.85. The molecule has 1 saturated heterocycles. The third-order valence-electron chi connectivity index (χ3n) is 5.41. The zero-order valence-corrected chi connectivity index (χ0v) is 19.7. The molecule has 0 radical (unpaired) electrons. The van der Waals surface area contributed by atoms with Crippen LogP contribution in [0.25, 0.3) is 11.3 Å². The van der Waals surface area contributed by atoms with Crippen LogP contribution in [0.2, 0.25) is 0 Å². The van der Waals surface area contributed by atoms with Crippen molar-refractivity contribution < 1.29 is 14.3 Å². The van der Waals surface area contributed by atoms with Gasteiger partial charge in [-0.3, -0.25) is 4.79 Å². The maximum absolute atomic E-state index is 13.0. The van der Waals surface area contributed by atoms with Gasteiger partial charge in [-0.05, 0) is 77.5 Å². The van der Waals surface area contributed by atoms with E-state index in [0.29, 0.717) is 44.1 Å². The molecule has 0 unspecified atom stereocenters. The van der Waals surface area contributed by atoms with Gasteiger partial charge in [-0.25, -0.2) is 0 Å². The molecule has 3 aromatic rings. The van der Waals surface area contributed by atoms with E-state index in [-0.39, 0.29) is 5.91 Å². The standard InChI is InChI=1S/C24H25BrN4O3/c1-3-32-18-6-4-17(5-7-18)22-10-11-23(27-26-22)28-12-14-29(15-13-28)24(30)20-16-19(31-2)8-9-21(20)25/h4-11,16H,3,12-15H2,1-2H3. The maximum atomic E-state index is 13.0. The van der Waals surface area contributed by atoms with Crippen molar-refractivity contribution in [2.24, 2.45) is 0 Å². The first-order chi connectivity index (χ1) is 15.6. The predicted molar refractivity (Wildman–Crippen MR) is 127 cm³/mol. The molecule has 1 fully saturated rings. The highest BCUT2D eigenvalue weighted by Crippen LogP contribution is 2.25. The highest BCUT2D eigenvalue weighted by molar-refractivity contribution is 9.10. The number of piperazine rings is 1. The first-order valence-corrected chi connectivity index (χ1v) is 11.3. The van der Waals surface area contributed by atoms with Crippen LogP contribution in [0.4, 0.5) is 5.82 Å². The van der Waals surface area contributed by atoms with Gasteiger partial charge in [0.25, 0.3) is 5.91 Å². The molecule has 7 nitrogen and oxygen atoms in total. The SMILES string of the molecule is CCOc1ccc(-c2ccc(N3CCN(C(=O)c4cc(OC)ccc4Br)CC3)nn2)cc1. The molecule has 1 aliphatic heterocycles. The molecule has 2 aromatic carbocycles. The second kappa shape index (κ2) is 9.99. The van der Waals surface area contributed by atoms with Crippen LogP contribution in [0.3, 0.4) is 0 Å². The Bertz CT molecular complexity index is 1070. The number of carbonyl (C=O) groups excluding carboxylic acids is 1. The number of aromatic nitrogens is 2. The summed E-state index contributed by atoms with van der Waals surface area (Å²) in [5.74, 6) is 2.31. The quantitative estimate of drug-likeness (QED) is 0.507. The van der Waals surface area contributed by atoms with Gasteiger partial charge in [-0.1, -0.05) is 0 Å². The molecule has 4 rings (SSSR count). The van der Waals surface area contributed by atoms with E-state index in [9.17, 15) is 4.79 Å². The first kappa shape index (κ1) is 22.1. The third-order valence-corrected chi connectivity index (χ3v) is 6.10. The molecule has 0 saturated carbocycles. The van der Waals surface area contributed by atoms with E-state index in [2.05, 4.69) is 31.0 Å². The van der Waals surface area contributed by atoms with E-state index in [1.165, 1.54) is 0 Å². The zero-order chi connectivity index (χ0) is 22.5. The van der Waals surface area contributed by atoms with E-state index >= 15 is 0 Å². The van der Waals surface area contributed by atoms with Gasteiger partial charge in [-0.2, -0.15) is 0 Å². The van der Waals surface area contributed by atoms with Crippen molar-refractivity contribution in [1.29, 1.82) is 0 Å². The van der Waals surface area contributed by atoms with Gasteiger partial charge in [0.15, 0.2) is 5.82 Å². The van der Waals surface area contributed by atoms with Crippen molar-refractivity contribution in [2.45, 2.75) is 6.92 Å². The summed E-state index contributed by atoms with van der Waals surface area (Å²) in [5.41, 5.74) is 2.41. The van der Waals surface area contributed by atoms with E-state index in [1.54, 1.807) is 13.2 Å².